The largest absolute Gasteiger partial charge is 0.383 e. The molecule has 6 nitrogen and oxygen atoms in total. The van der Waals surface area contributed by atoms with Crippen LogP contribution in [0.2, 0.25) is 0 Å². The summed E-state index contributed by atoms with van der Waals surface area (Å²) in [4.78, 5) is 19.2. The highest BCUT2D eigenvalue weighted by Gasteiger charge is 2.21. The van der Waals surface area contributed by atoms with Gasteiger partial charge in [0.25, 0.3) is 5.91 Å². The van der Waals surface area contributed by atoms with E-state index in [-0.39, 0.29) is 23.7 Å². The maximum Gasteiger partial charge on any atom is 0.272 e. The number of hydrogen-bond donors (Lipinski definition) is 1. The monoisotopic (exact) mass is 424 g/mol. The molecule has 0 radical (unpaired) electrons. The number of nitrogens with one attached hydrogen (secondary N) is 1. The summed E-state index contributed by atoms with van der Waals surface area (Å²) in [6.45, 7) is 4.13. The van der Waals surface area contributed by atoms with Crippen molar-refractivity contribution >= 4 is 47.5 Å². The molecule has 1 amide bonds. The Morgan fingerprint density at radius 2 is 2.25 bits per heavy atom. The number of likely N-dealkylation sites (N-methyl/N-ethyl adjacent to an activating group) is 1. The van der Waals surface area contributed by atoms with E-state index in [9.17, 15) is 4.79 Å². The summed E-state index contributed by atoms with van der Waals surface area (Å²) in [5.41, 5.74) is 3.47. The van der Waals surface area contributed by atoms with Crippen LogP contribution in [-0.4, -0.2) is 48.1 Å². The van der Waals surface area contributed by atoms with Crippen molar-refractivity contribution in [3.63, 3.8) is 0 Å². The lowest BCUT2D eigenvalue weighted by atomic mass is 10.0. The summed E-state index contributed by atoms with van der Waals surface area (Å²) >= 11 is 6.21. The van der Waals surface area contributed by atoms with E-state index in [1.807, 2.05) is 53.8 Å². The molecule has 0 bridgehead atoms. The van der Waals surface area contributed by atoms with Crippen LogP contribution in [0.15, 0.2) is 30.5 Å². The molecule has 1 unspecified atom stereocenters. The van der Waals surface area contributed by atoms with Crippen LogP contribution in [0.1, 0.15) is 28.7 Å². The lowest BCUT2D eigenvalue weighted by Gasteiger charge is -2.17. The van der Waals surface area contributed by atoms with Crippen LogP contribution in [0.3, 0.4) is 0 Å². The maximum atomic E-state index is 12.8. The summed E-state index contributed by atoms with van der Waals surface area (Å²) < 4.78 is 7.10. The highest BCUT2D eigenvalue weighted by atomic mass is 35.5. The van der Waals surface area contributed by atoms with Gasteiger partial charge in [0.15, 0.2) is 0 Å². The highest BCUT2D eigenvalue weighted by Crippen LogP contribution is 2.26. The molecule has 152 valence electrons. The molecule has 0 aliphatic heterocycles. The topological polar surface area (TPSA) is 59.4 Å². The molecule has 1 N–H and O–H groups in total. The molecule has 2 aromatic rings. The standard InChI is InChI=1S/C20H25ClN4O2.ClH/c1-4-25-17-7-5-15(21)11-14(17)12-18(25)20(26)23-16-6-8-19(22-13-16)24(2)9-10-27-3;/h5-8,12-13,15H,4,9-11H2,1-3H3,(H,23,26);1H. The second-order valence-electron chi connectivity index (χ2n) is 6.54. The van der Waals surface area contributed by atoms with Gasteiger partial charge < -0.3 is 19.5 Å². The normalized spacial score (nSPS) is 14.9. The van der Waals surface area contributed by atoms with Crippen LogP contribution in [0, 0.1) is 0 Å². The van der Waals surface area contributed by atoms with Crippen molar-refractivity contribution in [3.05, 3.63) is 47.4 Å². The molecule has 1 atom stereocenters. The second kappa shape index (κ2) is 9.96. The summed E-state index contributed by atoms with van der Waals surface area (Å²) in [6, 6.07) is 5.68. The predicted molar refractivity (Wildman–Crippen MR) is 117 cm³/mol. The van der Waals surface area contributed by atoms with Gasteiger partial charge in [-0.1, -0.05) is 6.08 Å². The first-order chi connectivity index (χ1) is 13.0. The van der Waals surface area contributed by atoms with E-state index in [0.717, 1.165) is 36.6 Å². The third-order valence-electron chi connectivity index (χ3n) is 4.68. The zero-order valence-electron chi connectivity index (χ0n) is 16.3. The number of carbonyl (C=O) groups is 1. The van der Waals surface area contributed by atoms with Gasteiger partial charge in [0, 0.05) is 32.9 Å². The number of allylic oxidation sites excluding steroid dienone is 1. The number of nitrogens with zero attached hydrogens (tertiary/aromatic N) is 3. The van der Waals surface area contributed by atoms with Gasteiger partial charge in [-0.2, -0.15) is 0 Å². The van der Waals surface area contributed by atoms with Crippen LogP contribution in [0.4, 0.5) is 11.5 Å². The van der Waals surface area contributed by atoms with Crippen LogP contribution in [0.25, 0.3) is 6.08 Å². The average molecular weight is 425 g/mol. The minimum Gasteiger partial charge on any atom is -0.383 e. The Labute approximate surface area is 176 Å². The highest BCUT2D eigenvalue weighted by molar-refractivity contribution is 6.22. The number of rotatable bonds is 7. The third-order valence-corrected chi connectivity index (χ3v) is 4.98. The SMILES string of the molecule is CCn1c(C(=O)Nc2ccc(N(C)CCOC)nc2)cc2c1C=CC(Cl)C2.Cl. The van der Waals surface area contributed by atoms with E-state index in [1.54, 1.807) is 13.3 Å². The Hall–Kier alpha value is -2.02. The molecular weight excluding hydrogens is 399 g/mol. The Balaban J connectivity index is 0.00000280. The van der Waals surface area contributed by atoms with Crippen molar-refractivity contribution in [1.29, 1.82) is 0 Å². The van der Waals surface area contributed by atoms with Crippen LogP contribution < -0.4 is 10.2 Å². The number of amides is 1. The summed E-state index contributed by atoms with van der Waals surface area (Å²) in [7, 11) is 3.63. The molecular formula is C20H26Cl2N4O2. The fraction of sp³-hybridized carbons (Fsp3) is 0.400. The van der Waals surface area contributed by atoms with E-state index >= 15 is 0 Å². The van der Waals surface area contributed by atoms with Crippen molar-refractivity contribution in [2.45, 2.75) is 25.3 Å². The van der Waals surface area contributed by atoms with E-state index in [4.69, 9.17) is 16.3 Å². The summed E-state index contributed by atoms with van der Waals surface area (Å²) in [6.07, 6.45) is 6.39. The van der Waals surface area contributed by atoms with Crippen molar-refractivity contribution < 1.29 is 9.53 Å². The second-order valence-corrected chi connectivity index (χ2v) is 7.10. The molecule has 1 aliphatic rings. The molecule has 3 rings (SSSR count). The van der Waals surface area contributed by atoms with E-state index in [0.29, 0.717) is 18.0 Å². The minimum absolute atomic E-state index is 0. The molecule has 8 heteroatoms. The first-order valence-corrected chi connectivity index (χ1v) is 9.49. The number of halogens is 2. The first kappa shape index (κ1) is 22.3. The Kier molecular flexibility index (Phi) is 7.92. The van der Waals surface area contributed by atoms with E-state index < -0.39 is 0 Å². The van der Waals surface area contributed by atoms with Gasteiger partial charge in [0.05, 0.1) is 23.9 Å². The molecule has 0 fully saturated rings. The van der Waals surface area contributed by atoms with Crippen molar-refractivity contribution in [2.75, 3.05) is 37.5 Å². The summed E-state index contributed by atoms with van der Waals surface area (Å²) in [5.74, 6) is 0.684. The number of aromatic nitrogens is 2. The number of methoxy groups -OCH3 is 1. The molecule has 0 saturated carbocycles. The molecule has 2 aromatic heterocycles. The number of ether oxygens (including phenoxy) is 1. The lowest BCUT2D eigenvalue weighted by Crippen LogP contribution is -2.23. The van der Waals surface area contributed by atoms with Crippen molar-refractivity contribution in [1.82, 2.24) is 9.55 Å². The molecule has 0 aromatic carbocycles. The number of hydrogen-bond acceptors (Lipinski definition) is 4. The minimum atomic E-state index is -0.145. The van der Waals surface area contributed by atoms with Crippen molar-refractivity contribution in [3.8, 4) is 0 Å². The number of anilines is 2. The molecule has 0 spiro atoms. The molecule has 0 saturated heterocycles. The fourth-order valence-corrected chi connectivity index (χ4v) is 3.45. The van der Waals surface area contributed by atoms with Crippen LogP contribution >= 0.6 is 24.0 Å². The van der Waals surface area contributed by atoms with E-state index in [1.165, 1.54) is 0 Å². The van der Waals surface area contributed by atoms with Crippen molar-refractivity contribution in [2.24, 2.45) is 0 Å². The number of pyridine rings is 1. The maximum absolute atomic E-state index is 12.8. The van der Waals surface area contributed by atoms with Gasteiger partial charge in [-0.25, -0.2) is 4.98 Å². The molecule has 1 aliphatic carbocycles. The Bertz CT molecular complexity index is 833. The quantitative estimate of drug-likeness (QED) is 0.685. The number of alkyl halides is 1. The Morgan fingerprint density at radius 3 is 2.89 bits per heavy atom. The van der Waals surface area contributed by atoms with Gasteiger partial charge in [-0.3, -0.25) is 4.79 Å². The van der Waals surface area contributed by atoms with Crippen LogP contribution in [0.5, 0.6) is 0 Å². The smallest absolute Gasteiger partial charge is 0.272 e. The molecule has 2 heterocycles. The van der Waals surface area contributed by atoms with Gasteiger partial charge >= 0.3 is 0 Å². The average Bonchev–Trinajstić information content (AvgIpc) is 3.04. The zero-order valence-corrected chi connectivity index (χ0v) is 17.9. The summed E-state index contributed by atoms with van der Waals surface area (Å²) in [5, 5.41) is 2.92. The van der Waals surface area contributed by atoms with Crippen LogP contribution in [-0.2, 0) is 17.7 Å². The van der Waals surface area contributed by atoms with Gasteiger partial charge in [0.2, 0.25) is 0 Å². The van der Waals surface area contributed by atoms with Gasteiger partial charge in [-0.05, 0) is 43.2 Å². The number of carbonyl (C=O) groups excluding carboxylic acids is 1. The Morgan fingerprint density at radius 1 is 1.46 bits per heavy atom. The first-order valence-electron chi connectivity index (χ1n) is 9.05. The predicted octanol–water partition coefficient (Wildman–Crippen LogP) is 3.84. The van der Waals surface area contributed by atoms with E-state index in [2.05, 4.69) is 10.3 Å². The number of fused-ring (bicyclic) bond motifs is 1. The fourth-order valence-electron chi connectivity index (χ4n) is 3.21. The third kappa shape index (κ3) is 4.87. The van der Waals surface area contributed by atoms with Gasteiger partial charge in [0.1, 0.15) is 11.5 Å². The lowest BCUT2D eigenvalue weighted by molar-refractivity contribution is 0.101. The zero-order chi connectivity index (χ0) is 19.4. The molecule has 28 heavy (non-hydrogen) atoms. The van der Waals surface area contributed by atoms with Gasteiger partial charge in [-0.15, -0.1) is 24.0 Å².